The van der Waals surface area contributed by atoms with E-state index in [9.17, 15) is 8.42 Å². The van der Waals surface area contributed by atoms with Gasteiger partial charge < -0.3 is 15.5 Å². The Morgan fingerprint density at radius 2 is 2.05 bits per heavy atom. The number of sulfone groups is 1. The lowest BCUT2D eigenvalue weighted by atomic mass is 10.1. The molecule has 1 saturated heterocycles. The van der Waals surface area contributed by atoms with Crippen LogP contribution in [0.4, 0.5) is 10.9 Å². The summed E-state index contributed by atoms with van der Waals surface area (Å²) in [6.45, 7) is 2.11. The minimum absolute atomic E-state index is 0.0188. The molecule has 9 heteroatoms. The molecule has 120 valence electrons. The van der Waals surface area contributed by atoms with Gasteiger partial charge in [-0.25, -0.2) is 13.4 Å². The lowest BCUT2D eigenvalue weighted by molar-refractivity contribution is 0.577. The highest BCUT2D eigenvalue weighted by Crippen LogP contribution is 2.26. The van der Waals surface area contributed by atoms with Crippen molar-refractivity contribution >= 4 is 49.5 Å². The number of nitrogens with zero attached hydrogens (tertiary/aromatic N) is 2. The third kappa shape index (κ3) is 3.96. The molecule has 0 unspecified atom stereocenters. The van der Waals surface area contributed by atoms with Crippen LogP contribution in [0, 0.1) is 0 Å². The van der Waals surface area contributed by atoms with Gasteiger partial charge in [0.05, 0.1) is 11.5 Å². The van der Waals surface area contributed by atoms with E-state index < -0.39 is 9.84 Å². The first-order chi connectivity index (χ1) is 10.5. The van der Waals surface area contributed by atoms with Crippen LogP contribution in [0.1, 0.15) is 19.3 Å². The summed E-state index contributed by atoms with van der Waals surface area (Å²) in [5.74, 6) is 0.795. The van der Waals surface area contributed by atoms with E-state index in [0.29, 0.717) is 16.6 Å². The van der Waals surface area contributed by atoms with Crippen LogP contribution >= 0.6 is 23.6 Å². The first-order valence-corrected chi connectivity index (χ1v) is 10.3. The quantitative estimate of drug-likeness (QED) is 0.797. The number of aromatic nitrogens is 1. The highest BCUT2D eigenvalue weighted by atomic mass is 32.2. The summed E-state index contributed by atoms with van der Waals surface area (Å²) in [6, 6.07) is 0. The molecular formula is C13H18N4O2S3. The second kappa shape index (κ2) is 6.51. The van der Waals surface area contributed by atoms with Crippen LogP contribution in [0.5, 0.6) is 0 Å². The molecule has 3 heterocycles. The average Bonchev–Trinajstić information content (AvgIpc) is 3.06. The summed E-state index contributed by atoms with van der Waals surface area (Å²) < 4.78 is 22.8. The van der Waals surface area contributed by atoms with E-state index >= 15 is 0 Å². The van der Waals surface area contributed by atoms with Gasteiger partial charge in [0, 0.05) is 24.2 Å². The van der Waals surface area contributed by atoms with Crippen molar-refractivity contribution in [2.45, 2.75) is 19.3 Å². The molecule has 1 fully saturated rings. The van der Waals surface area contributed by atoms with E-state index in [1.807, 2.05) is 5.38 Å². The molecule has 6 nitrogen and oxygen atoms in total. The maximum atomic E-state index is 11.4. The molecule has 0 amide bonds. The Hall–Kier alpha value is -1.19. The summed E-state index contributed by atoms with van der Waals surface area (Å²) >= 11 is 6.80. The molecule has 2 aliphatic rings. The SMILES string of the molecule is O=S1(=O)CC=C(NC(=S)Nc2csc(N3CCCCC3)n2)C1. The van der Waals surface area contributed by atoms with E-state index in [1.54, 1.807) is 17.4 Å². The zero-order valence-electron chi connectivity index (χ0n) is 12.0. The Morgan fingerprint density at radius 1 is 1.27 bits per heavy atom. The molecule has 0 atom stereocenters. The van der Waals surface area contributed by atoms with Gasteiger partial charge in [0.1, 0.15) is 5.82 Å². The molecule has 1 aromatic rings. The van der Waals surface area contributed by atoms with Gasteiger partial charge in [0.15, 0.2) is 20.1 Å². The topological polar surface area (TPSA) is 74.3 Å². The lowest BCUT2D eigenvalue weighted by Crippen LogP contribution is -2.30. The van der Waals surface area contributed by atoms with E-state index in [2.05, 4.69) is 20.5 Å². The smallest absolute Gasteiger partial charge is 0.187 e. The van der Waals surface area contributed by atoms with Crippen molar-refractivity contribution in [3.05, 3.63) is 17.2 Å². The van der Waals surface area contributed by atoms with Crippen LogP contribution in [-0.2, 0) is 9.84 Å². The minimum atomic E-state index is -2.99. The molecule has 0 radical (unpaired) electrons. The normalized spacial score (nSPS) is 20.5. The predicted octanol–water partition coefficient (Wildman–Crippen LogP) is 1.73. The molecule has 3 rings (SSSR count). The fourth-order valence-electron chi connectivity index (χ4n) is 2.51. The molecule has 1 aromatic heterocycles. The number of thiocarbonyl (C=S) groups is 1. The Bertz CT molecular complexity index is 690. The van der Waals surface area contributed by atoms with E-state index in [1.165, 1.54) is 19.3 Å². The largest absolute Gasteiger partial charge is 0.348 e. The molecule has 0 bridgehead atoms. The maximum absolute atomic E-state index is 11.4. The van der Waals surface area contributed by atoms with E-state index in [0.717, 1.165) is 18.2 Å². The van der Waals surface area contributed by atoms with Crippen LogP contribution in [0.25, 0.3) is 0 Å². The third-order valence-electron chi connectivity index (χ3n) is 3.59. The van der Waals surface area contributed by atoms with Gasteiger partial charge in [0.25, 0.3) is 0 Å². The molecule has 0 aliphatic carbocycles. The molecular weight excluding hydrogens is 340 g/mol. The number of hydrogen-bond donors (Lipinski definition) is 2. The van der Waals surface area contributed by atoms with Gasteiger partial charge in [-0.2, -0.15) is 0 Å². The Morgan fingerprint density at radius 3 is 2.73 bits per heavy atom. The molecule has 2 aliphatic heterocycles. The van der Waals surface area contributed by atoms with Gasteiger partial charge in [-0.1, -0.05) is 0 Å². The molecule has 2 N–H and O–H groups in total. The molecule has 22 heavy (non-hydrogen) atoms. The van der Waals surface area contributed by atoms with Crippen molar-refractivity contribution in [3.63, 3.8) is 0 Å². The van der Waals surface area contributed by atoms with Crippen LogP contribution in [0.2, 0.25) is 0 Å². The Balaban J connectivity index is 1.55. The molecule has 0 saturated carbocycles. The Kier molecular flexibility index (Phi) is 4.65. The van der Waals surface area contributed by atoms with Crippen molar-refractivity contribution in [1.29, 1.82) is 0 Å². The number of anilines is 2. The van der Waals surface area contributed by atoms with Crippen molar-refractivity contribution < 1.29 is 8.42 Å². The van der Waals surface area contributed by atoms with E-state index in [-0.39, 0.29) is 11.5 Å². The highest BCUT2D eigenvalue weighted by Gasteiger charge is 2.20. The van der Waals surface area contributed by atoms with Crippen LogP contribution in [-0.4, -0.2) is 43.1 Å². The fraction of sp³-hybridized carbons (Fsp3) is 0.538. The summed E-state index contributed by atoms with van der Waals surface area (Å²) in [5, 5.41) is 9.25. The van der Waals surface area contributed by atoms with Crippen molar-refractivity contribution in [2.75, 3.05) is 34.8 Å². The van der Waals surface area contributed by atoms with Gasteiger partial charge in [-0.05, 0) is 37.6 Å². The summed E-state index contributed by atoms with van der Waals surface area (Å²) in [4.78, 5) is 6.84. The van der Waals surface area contributed by atoms with Crippen molar-refractivity contribution in [1.82, 2.24) is 10.3 Å². The number of thiazole rings is 1. The second-order valence-corrected chi connectivity index (χ2v) is 8.78. The van der Waals surface area contributed by atoms with Gasteiger partial charge in [-0.3, -0.25) is 0 Å². The fourth-order valence-corrected chi connectivity index (χ4v) is 4.80. The zero-order valence-corrected chi connectivity index (χ0v) is 14.5. The standard InChI is InChI=1S/C13H18N4O2S3/c18-22(19)7-4-10(9-22)14-12(20)15-11-8-21-13(16-11)17-5-2-1-3-6-17/h4,8H,1-3,5-7,9H2,(H2,14,15,20). The maximum Gasteiger partial charge on any atom is 0.187 e. The van der Waals surface area contributed by atoms with Crippen molar-refractivity contribution in [3.8, 4) is 0 Å². The lowest BCUT2D eigenvalue weighted by Gasteiger charge is -2.25. The second-order valence-electron chi connectivity index (χ2n) is 5.43. The summed E-state index contributed by atoms with van der Waals surface area (Å²) in [7, 11) is -2.99. The number of piperidine rings is 1. The number of nitrogens with one attached hydrogen (secondary N) is 2. The summed E-state index contributed by atoms with van der Waals surface area (Å²) in [5.41, 5.74) is 0.629. The monoisotopic (exact) mass is 358 g/mol. The molecule has 0 spiro atoms. The van der Waals surface area contributed by atoms with Crippen LogP contribution < -0.4 is 15.5 Å². The third-order valence-corrected chi connectivity index (χ3v) is 6.12. The summed E-state index contributed by atoms with van der Waals surface area (Å²) in [6.07, 6.45) is 5.37. The number of hydrogen-bond acceptors (Lipinski definition) is 6. The van der Waals surface area contributed by atoms with Crippen LogP contribution in [0.15, 0.2) is 17.2 Å². The van der Waals surface area contributed by atoms with E-state index in [4.69, 9.17) is 12.2 Å². The first-order valence-electron chi connectivity index (χ1n) is 7.20. The zero-order chi connectivity index (χ0) is 15.6. The first kappa shape index (κ1) is 15.7. The van der Waals surface area contributed by atoms with Crippen molar-refractivity contribution in [2.24, 2.45) is 0 Å². The average molecular weight is 359 g/mol. The highest BCUT2D eigenvalue weighted by molar-refractivity contribution is 7.92. The molecule has 0 aromatic carbocycles. The van der Waals surface area contributed by atoms with Gasteiger partial charge in [-0.15, -0.1) is 11.3 Å². The predicted molar refractivity (Wildman–Crippen MR) is 94.3 cm³/mol. The van der Waals surface area contributed by atoms with Crippen LogP contribution in [0.3, 0.4) is 0 Å². The Labute approximate surface area is 139 Å². The number of rotatable bonds is 3. The van der Waals surface area contributed by atoms with Gasteiger partial charge in [0.2, 0.25) is 0 Å². The van der Waals surface area contributed by atoms with Gasteiger partial charge >= 0.3 is 0 Å². The minimum Gasteiger partial charge on any atom is -0.348 e.